The average Bonchev–Trinajstić information content (AvgIpc) is 2.92. The van der Waals surface area contributed by atoms with Gasteiger partial charge in [-0.25, -0.2) is 0 Å². The van der Waals surface area contributed by atoms with Crippen molar-refractivity contribution >= 4 is 17.3 Å². The average molecular weight is 318 g/mol. The molecular weight excluding hydrogens is 302 g/mol. The number of aryl methyl sites for hydroxylation is 2. The van der Waals surface area contributed by atoms with Crippen LogP contribution in [0.3, 0.4) is 0 Å². The minimum absolute atomic E-state index is 0.190. The van der Waals surface area contributed by atoms with Gasteiger partial charge in [-0.3, -0.25) is 4.57 Å². The summed E-state index contributed by atoms with van der Waals surface area (Å²) in [4.78, 5) is 0. The molecule has 1 aromatic carbocycles. The van der Waals surface area contributed by atoms with Gasteiger partial charge in [-0.1, -0.05) is 16.8 Å². The zero-order chi connectivity index (χ0) is 16.0. The zero-order valence-electron chi connectivity index (χ0n) is 12.5. The summed E-state index contributed by atoms with van der Waals surface area (Å²) in [6, 6.07) is 6.77. The van der Waals surface area contributed by atoms with E-state index in [2.05, 4.69) is 5.16 Å². The van der Waals surface area contributed by atoms with E-state index in [1.165, 1.54) is 0 Å². The van der Waals surface area contributed by atoms with Crippen LogP contribution in [0.25, 0.3) is 16.9 Å². The van der Waals surface area contributed by atoms with Crippen LogP contribution in [0.5, 0.6) is 5.75 Å². The highest BCUT2D eigenvalue weighted by Gasteiger charge is 2.24. The Kier molecular flexibility index (Phi) is 3.37. The first-order valence-corrected chi connectivity index (χ1v) is 7.18. The van der Waals surface area contributed by atoms with Crippen molar-refractivity contribution in [3.63, 3.8) is 0 Å². The molecule has 0 saturated heterocycles. The third kappa shape index (κ3) is 2.05. The van der Waals surface area contributed by atoms with Gasteiger partial charge in [0.05, 0.1) is 22.6 Å². The molecule has 0 fully saturated rings. The second-order valence-electron chi connectivity index (χ2n) is 5.23. The summed E-state index contributed by atoms with van der Waals surface area (Å²) in [6.45, 7) is 5.57. The number of nitrogens with two attached hydrogens (primary N) is 1. The predicted octanol–water partition coefficient (Wildman–Crippen LogP) is 4.00. The molecule has 0 amide bonds. The first-order valence-electron chi connectivity index (χ1n) is 6.80. The van der Waals surface area contributed by atoms with Gasteiger partial charge in [0, 0.05) is 11.3 Å². The fourth-order valence-corrected chi connectivity index (χ4v) is 2.87. The standard InChI is InChI=1S/C16H16ClN3O2/c1-8-14(18)15(13-9(2)19-22-10(13)3)20(16(8)17)11-4-6-12(21)7-5-11/h4-7,21H,18H2,1-3H3. The van der Waals surface area contributed by atoms with E-state index in [0.29, 0.717) is 16.6 Å². The number of hydrogen-bond acceptors (Lipinski definition) is 4. The lowest BCUT2D eigenvalue weighted by Gasteiger charge is -2.11. The van der Waals surface area contributed by atoms with Gasteiger partial charge in [0.1, 0.15) is 16.7 Å². The Labute approximate surface area is 132 Å². The lowest BCUT2D eigenvalue weighted by molar-refractivity contribution is 0.393. The van der Waals surface area contributed by atoms with E-state index in [1.807, 2.05) is 25.3 Å². The number of anilines is 1. The SMILES string of the molecule is Cc1noc(C)c1-c1c(N)c(C)c(Cl)n1-c1ccc(O)cc1. The van der Waals surface area contributed by atoms with Crippen LogP contribution >= 0.6 is 11.6 Å². The molecule has 2 aromatic heterocycles. The smallest absolute Gasteiger partial charge is 0.143 e. The highest BCUT2D eigenvalue weighted by molar-refractivity contribution is 6.31. The lowest BCUT2D eigenvalue weighted by atomic mass is 10.1. The van der Waals surface area contributed by atoms with Crippen LogP contribution in [0.1, 0.15) is 17.0 Å². The van der Waals surface area contributed by atoms with Gasteiger partial charge in [-0.2, -0.15) is 0 Å². The molecule has 0 bridgehead atoms. The van der Waals surface area contributed by atoms with E-state index in [0.717, 1.165) is 28.2 Å². The maximum Gasteiger partial charge on any atom is 0.143 e. The molecule has 0 saturated carbocycles. The minimum Gasteiger partial charge on any atom is -0.508 e. The van der Waals surface area contributed by atoms with Crippen LogP contribution in [0.2, 0.25) is 5.15 Å². The number of phenolic OH excluding ortho intramolecular Hbond substituents is 1. The number of aromatic hydroxyl groups is 1. The van der Waals surface area contributed by atoms with Gasteiger partial charge in [-0.05, 0) is 45.0 Å². The fourth-order valence-electron chi connectivity index (χ4n) is 2.59. The summed E-state index contributed by atoms with van der Waals surface area (Å²) < 4.78 is 7.11. The third-order valence-corrected chi connectivity index (χ3v) is 4.22. The summed E-state index contributed by atoms with van der Waals surface area (Å²) in [7, 11) is 0. The van der Waals surface area contributed by atoms with E-state index >= 15 is 0 Å². The van der Waals surface area contributed by atoms with Crippen LogP contribution < -0.4 is 5.73 Å². The fraction of sp³-hybridized carbons (Fsp3) is 0.188. The van der Waals surface area contributed by atoms with Gasteiger partial charge < -0.3 is 15.4 Å². The van der Waals surface area contributed by atoms with E-state index in [1.54, 1.807) is 24.3 Å². The van der Waals surface area contributed by atoms with Crippen molar-refractivity contribution in [3.8, 4) is 22.7 Å². The highest BCUT2D eigenvalue weighted by Crippen LogP contribution is 2.41. The molecule has 0 aliphatic rings. The largest absolute Gasteiger partial charge is 0.508 e. The van der Waals surface area contributed by atoms with E-state index in [9.17, 15) is 5.11 Å². The number of aromatic nitrogens is 2. The monoisotopic (exact) mass is 317 g/mol. The summed E-state index contributed by atoms with van der Waals surface area (Å²) in [5.74, 6) is 0.869. The Morgan fingerprint density at radius 2 is 1.82 bits per heavy atom. The van der Waals surface area contributed by atoms with E-state index in [4.69, 9.17) is 21.9 Å². The Morgan fingerprint density at radius 1 is 1.18 bits per heavy atom. The Hall–Kier alpha value is -2.40. The van der Waals surface area contributed by atoms with Crippen LogP contribution in [0, 0.1) is 20.8 Å². The zero-order valence-corrected chi connectivity index (χ0v) is 13.3. The number of rotatable bonds is 2. The van der Waals surface area contributed by atoms with Gasteiger partial charge in [0.2, 0.25) is 0 Å². The van der Waals surface area contributed by atoms with Gasteiger partial charge >= 0.3 is 0 Å². The second kappa shape index (κ2) is 5.10. The molecule has 0 spiro atoms. The molecule has 0 atom stereocenters. The summed E-state index contributed by atoms with van der Waals surface area (Å²) in [5, 5.41) is 14.0. The molecule has 2 heterocycles. The van der Waals surface area contributed by atoms with Crippen molar-refractivity contribution in [3.05, 3.63) is 46.4 Å². The van der Waals surface area contributed by atoms with Crippen LogP contribution in [-0.2, 0) is 0 Å². The van der Waals surface area contributed by atoms with Crippen molar-refractivity contribution in [2.75, 3.05) is 5.73 Å². The summed E-state index contributed by atoms with van der Waals surface area (Å²) in [6.07, 6.45) is 0. The first kappa shape index (κ1) is 14.5. The van der Waals surface area contributed by atoms with Crippen molar-refractivity contribution in [2.45, 2.75) is 20.8 Å². The molecule has 0 aliphatic carbocycles. The van der Waals surface area contributed by atoms with Crippen LogP contribution in [0.4, 0.5) is 5.69 Å². The molecular formula is C16H16ClN3O2. The number of nitrogen functional groups attached to an aromatic ring is 1. The van der Waals surface area contributed by atoms with Crippen LogP contribution in [0.15, 0.2) is 28.8 Å². The molecule has 3 rings (SSSR count). The number of halogens is 1. The number of nitrogens with zero attached hydrogens (tertiary/aromatic N) is 2. The van der Waals surface area contributed by atoms with Gasteiger partial charge in [0.25, 0.3) is 0 Å². The maximum absolute atomic E-state index is 9.48. The Balaban J connectivity index is 2.36. The van der Waals surface area contributed by atoms with Crippen molar-refractivity contribution in [1.29, 1.82) is 0 Å². The predicted molar refractivity (Wildman–Crippen MR) is 86.6 cm³/mol. The highest BCUT2D eigenvalue weighted by atomic mass is 35.5. The maximum atomic E-state index is 9.48. The third-order valence-electron chi connectivity index (χ3n) is 3.77. The van der Waals surface area contributed by atoms with Gasteiger partial charge in [0.15, 0.2) is 0 Å². The quantitative estimate of drug-likeness (QED) is 0.749. The van der Waals surface area contributed by atoms with Crippen molar-refractivity contribution in [2.24, 2.45) is 0 Å². The summed E-state index contributed by atoms with van der Waals surface area (Å²) >= 11 is 6.48. The Morgan fingerprint density at radius 3 is 2.36 bits per heavy atom. The van der Waals surface area contributed by atoms with Crippen LogP contribution in [-0.4, -0.2) is 14.8 Å². The van der Waals surface area contributed by atoms with E-state index < -0.39 is 0 Å². The summed E-state index contributed by atoms with van der Waals surface area (Å²) in [5.41, 5.74) is 10.8. The molecule has 22 heavy (non-hydrogen) atoms. The number of hydrogen-bond donors (Lipinski definition) is 2. The van der Waals surface area contributed by atoms with E-state index in [-0.39, 0.29) is 5.75 Å². The normalized spacial score (nSPS) is 11.1. The number of phenols is 1. The molecule has 5 nitrogen and oxygen atoms in total. The molecule has 114 valence electrons. The topological polar surface area (TPSA) is 77.2 Å². The molecule has 0 aliphatic heterocycles. The minimum atomic E-state index is 0.190. The molecule has 3 aromatic rings. The lowest BCUT2D eigenvalue weighted by Crippen LogP contribution is -1.99. The second-order valence-corrected chi connectivity index (χ2v) is 5.59. The molecule has 3 N–H and O–H groups in total. The Bertz CT molecular complexity index is 828. The van der Waals surface area contributed by atoms with Crippen molar-refractivity contribution in [1.82, 2.24) is 9.72 Å². The van der Waals surface area contributed by atoms with Gasteiger partial charge in [-0.15, -0.1) is 0 Å². The molecule has 6 heteroatoms. The molecule has 0 radical (unpaired) electrons. The molecule has 0 unspecified atom stereocenters. The van der Waals surface area contributed by atoms with Crippen molar-refractivity contribution < 1.29 is 9.63 Å². The first-order chi connectivity index (χ1) is 10.4. The number of benzene rings is 1.